The quantitative estimate of drug-likeness (QED) is 0.540. The van der Waals surface area contributed by atoms with E-state index in [-0.39, 0.29) is 11.8 Å². The first-order valence-electron chi connectivity index (χ1n) is 11.5. The third-order valence-electron chi connectivity index (χ3n) is 6.81. The summed E-state index contributed by atoms with van der Waals surface area (Å²) in [5, 5.41) is 9.63. The average Bonchev–Trinajstić information content (AvgIpc) is 3.19. The van der Waals surface area contributed by atoms with E-state index in [0.29, 0.717) is 31.1 Å². The van der Waals surface area contributed by atoms with Gasteiger partial charge in [0.15, 0.2) is 0 Å². The van der Waals surface area contributed by atoms with Crippen molar-refractivity contribution >= 4 is 11.8 Å². The molecule has 9 heteroatoms. The second-order valence-corrected chi connectivity index (χ2v) is 9.20. The topological polar surface area (TPSA) is 117 Å². The number of nitrogens with two attached hydrogens (primary N) is 1. The predicted octanol–water partition coefficient (Wildman–Crippen LogP) is 0.464. The molecule has 9 nitrogen and oxygen atoms in total. The van der Waals surface area contributed by atoms with Gasteiger partial charge >= 0.3 is 11.7 Å². The third kappa shape index (κ3) is 4.55. The number of urea groups is 1. The lowest BCUT2D eigenvalue weighted by atomic mass is 9.81. The molecule has 2 aromatic rings. The molecule has 5 N–H and O–H groups in total. The highest BCUT2D eigenvalue weighted by atomic mass is 16.2. The molecule has 3 aliphatic rings. The monoisotopic (exact) mass is 437 g/mol. The Morgan fingerprint density at radius 2 is 1.94 bits per heavy atom. The first kappa shape index (κ1) is 21.1. The predicted molar refractivity (Wildman–Crippen MR) is 123 cm³/mol. The van der Waals surface area contributed by atoms with E-state index in [1.54, 1.807) is 17.2 Å². The van der Waals surface area contributed by atoms with Crippen LogP contribution in [0.2, 0.25) is 0 Å². The highest BCUT2D eigenvalue weighted by Crippen LogP contribution is 2.27. The lowest BCUT2D eigenvalue weighted by Gasteiger charge is -2.33. The minimum absolute atomic E-state index is 0.226. The summed E-state index contributed by atoms with van der Waals surface area (Å²) in [5.74, 6) is 0.982. The van der Waals surface area contributed by atoms with Crippen LogP contribution >= 0.6 is 0 Å². The Kier molecular flexibility index (Phi) is 5.95. The molecule has 1 atom stereocenters. The van der Waals surface area contributed by atoms with Crippen LogP contribution in [0.15, 0.2) is 35.3 Å². The maximum absolute atomic E-state index is 12.7. The number of hydrogen-bond acceptors (Lipinski definition) is 6. The molecule has 5 rings (SSSR count). The number of hydrogen-bond donors (Lipinski definition) is 4. The van der Waals surface area contributed by atoms with Crippen LogP contribution < -0.4 is 27.4 Å². The van der Waals surface area contributed by atoms with Crippen molar-refractivity contribution in [3.8, 4) is 5.69 Å². The van der Waals surface area contributed by atoms with Crippen molar-refractivity contribution in [2.75, 3.05) is 38.0 Å². The van der Waals surface area contributed by atoms with Crippen molar-refractivity contribution in [1.29, 1.82) is 0 Å². The van der Waals surface area contributed by atoms with Gasteiger partial charge in [0, 0.05) is 44.5 Å². The molecule has 1 saturated carbocycles. The van der Waals surface area contributed by atoms with Gasteiger partial charge in [0.1, 0.15) is 5.82 Å². The molecule has 0 bridgehead atoms. The molecule has 32 heavy (non-hydrogen) atoms. The van der Waals surface area contributed by atoms with Crippen molar-refractivity contribution in [2.24, 2.45) is 11.7 Å². The second kappa shape index (κ2) is 9.01. The number of nitrogens with one attached hydrogen (secondary N) is 3. The van der Waals surface area contributed by atoms with Crippen LogP contribution in [0.5, 0.6) is 0 Å². The Labute approximate surface area is 187 Å². The first-order valence-corrected chi connectivity index (χ1v) is 11.5. The maximum atomic E-state index is 12.7. The molecule has 2 amide bonds. The number of piperazine rings is 1. The van der Waals surface area contributed by atoms with Gasteiger partial charge in [-0.3, -0.25) is 9.88 Å². The molecule has 1 aromatic heterocycles. The van der Waals surface area contributed by atoms with E-state index >= 15 is 0 Å². The SMILES string of the molecule is N[C@H]1C[C@H](CNC2Cc3ccc(-n4ccc(NC(=O)N5CCNCC5)nc4=O)cc3C2)C1. The number of fused-ring (bicyclic) bond motifs is 1. The zero-order valence-electron chi connectivity index (χ0n) is 18.2. The molecule has 2 fully saturated rings. The standard InChI is InChI=1S/C23H31N7O2/c24-18-9-15(10-18)14-26-19-11-16-1-2-20(13-17(16)12-19)30-6-3-21(28-23(30)32)27-22(31)29-7-4-25-5-8-29/h1-3,6,13,15,18-19,25-26H,4-5,7-12,14,24H2,(H,27,28,31,32)/t15-,18-,19?. The summed E-state index contributed by atoms with van der Waals surface area (Å²) >= 11 is 0. The fourth-order valence-corrected chi connectivity index (χ4v) is 4.91. The minimum atomic E-state index is -0.406. The number of carbonyl (C=O) groups excluding carboxylic acids is 1. The largest absolute Gasteiger partial charge is 0.354 e. The van der Waals surface area contributed by atoms with Crippen LogP contribution in [-0.2, 0) is 12.8 Å². The third-order valence-corrected chi connectivity index (χ3v) is 6.81. The van der Waals surface area contributed by atoms with Crippen LogP contribution in [0.4, 0.5) is 10.6 Å². The Balaban J connectivity index is 1.22. The number of amides is 2. The van der Waals surface area contributed by atoms with Crippen LogP contribution in [0.3, 0.4) is 0 Å². The van der Waals surface area contributed by atoms with E-state index in [0.717, 1.165) is 51.0 Å². The van der Waals surface area contributed by atoms with Gasteiger partial charge in [-0.25, -0.2) is 9.59 Å². The normalized spacial score (nSPS) is 24.7. The van der Waals surface area contributed by atoms with Crippen molar-refractivity contribution < 1.29 is 4.79 Å². The summed E-state index contributed by atoms with van der Waals surface area (Å²) < 4.78 is 1.53. The van der Waals surface area contributed by atoms with Crippen molar-refractivity contribution in [1.82, 2.24) is 25.1 Å². The zero-order chi connectivity index (χ0) is 22.1. The van der Waals surface area contributed by atoms with Crippen LogP contribution in [0.1, 0.15) is 24.0 Å². The van der Waals surface area contributed by atoms with Gasteiger partial charge in [0.2, 0.25) is 0 Å². The highest BCUT2D eigenvalue weighted by molar-refractivity contribution is 5.88. The average molecular weight is 438 g/mol. The van der Waals surface area contributed by atoms with E-state index in [1.165, 1.54) is 15.7 Å². The van der Waals surface area contributed by atoms with Crippen LogP contribution in [0.25, 0.3) is 5.69 Å². The Morgan fingerprint density at radius 1 is 1.16 bits per heavy atom. The van der Waals surface area contributed by atoms with Crippen LogP contribution in [0, 0.1) is 5.92 Å². The number of nitrogens with zero attached hydrogens (tertiary/aromatic N) is 3. The molecule has 2 aliphatic carbocycles. The summed E-state index contributed by atoms with van der Waals surface area (Å²) in [6, 6.07) is 8.43. The Morgan fingerprint density at radius 3 is 2.69 bits per heavy atom. The smallest absolute Gasteiger partial charge is 0.328 e. The Bertz CT molecular complexity index is 1040. The van der Waals surface area contributed by atoms with E-state index < -0.39 is 5.69 Å². The summed E-state index contributed by atoms with van der Waals surface area (Å²) in [6.07, 6.45) is 5.90. The maximum Gasteiger partial charge on any atom is 0.354 e. The summed E-state index contributed by atoms with van der Waals surface area (Å²) in [7, 11) is 0. The number of anilines is 1. The fraction of sp³-hybridized carbons (Fsp3) is 0.522. The van der Waals surface area contributed by atoms with Crippen molar-refractivity contribution in [2.45, 2.75) is 37.8 Å². The van der Waals surface area contributed by atoms with Gasteiger partial charge in [0.05, 0.1) is 5.69 Å². The minimum Gasteiger partial charge on any atom is -0.328 e. The molecular weight excluding hydrogens is 406 g/mol. The lowest BCUT2D eigenvalue weighted by molar-refractivity contribution is 0.204. The molecular formula is C23H31N7O2. The number of benzene rings is 1. The highest BCUT2D eigenvalue weighted by Gasteiger charge is 2.28. The second-order valence-electron chi connectivity index (χ2n) is 9.20. The summed E-state index contributed by atoms with van der Waals surface area (Å²) in [4.78, 5) is 30.8. The molecule has 1 aromatic carbocycles. The number of aromatic nitrogens is 2. The molecule has 170 valence electrons. The van der Waals surface area contributed by atoms with Crippen LogP contribution in [-0.4, -0.2) is 65.3 Å². The zero-order valence-corrected chi connectivity index (χ0v) is 18.2. The molecule has 1 saturated heterocycles. The van der Waals surface area contributed by atoms with Gasteiger partial charge in [-0.2, -0.15) is 4.98 Å². The van der Waals surface area contributed by atoms with E-state index in [2.05, 4.69) is 33.1 Å². The van der Waals surface area contributed by atoms with Gasteiger partial charge in [-0.1, -0.05) is 6.07 Å². The van der Waals surface area contributed by atoms with Gasteiger partial charge in [-0.05, 0) is 67.5 Å². The molecule has 0 radical (unpaired) electrons. The Hall–Kier alpha value is -2.75. The fourth-order valence-electron chi connectivity index (χ4n) is 4.91. The summed E-state index contributed by atoms with van der Waals surface area (Å²) in [5.41, 5.74) is 8.88. The summed E-state index contributed by atoms with van der Waals surface area (Å²) in [6.45, 7) is 3.85. The molecule has 0 spiro atoms. The van der Waals surface area contributed by atoms with E-state index in [1.807, 2.05) is 6.07 Å². The van der Waals surface area contributed by atoms with Gasteiger partial charge in [-0.15, -0.1) is 0 Å². The number of carbonyl (C=O) groups is 1. The molecule has 1 aliphatic heterocycles. The van der Waals surface area contributed by atoms with E-state index in [4.69, 9.17) is 5.73 Å². The van der Waals surface area contributed by atoms with Gasteiger partial charge in [0.25, 0.3) is 0 Å². The molecule has 2 heterocycles. The number of rotatable bonds is 5. The van der Waals surface area contributed by atoms with Gasteiger partial charge < -0.3 is 21.3 Å². The lowest BCUT2D eigenvalue weighted by Crippen LogP contribution is -2.48. The molecule has 1 unspecified atom stereocenters. The van der Waals surface area contributed by atoms with E-state index in [9.17, 15) is 9.59 Å². The van der Waals surface area contributed by atoms with Crippen molar-refractivity contribution in [3.63, 3.8) is 0 Å². The first-order chi connectivity index (χ1) is 15.5. The van der Waals surface area contributed by atoms with Crippen molar-refractivity contribution in [3.05, 3.63) is 52.1 Å².